The fourth-order valence-corrected chi connectivity index (χ4v) is 1.22. The summed E-state index contributed by atoms with van der Waals surface area (Å²) in [5, 5.41) is 3.22. The second kappa shape index (κ2) is 3.99. The van der Waals surface area contributed by atoms with Gasteiger partial charge in [0.2, 0.25) is 0 Å². The van der Waals surface area contributed by atoms with Crippen molar-refractivity contribution in [3.63, 3.8) is 0 Å². The lowest BCUT2D eigenvalue weighted by Crippen LogP contribution is -2.44. The Morgan fingerprint density at radius 2 is 2.40 bits per heavy atom. The third-order valence-electron chi connectivity index (χ3n) is 1.70. The highest BCUT2D eigenvalue weighted by atomic mass is 16.5. The highest BCUT2D eigenvalue weighted by Gasteiger charge is 2.16. The predicted molar refractivity (Wildman–Crippen MR) is 42.2 cm³/mol. The fourth-order valence-electron chi connectivity index (χ4n) is 1.22. The average Bonchev–Trinajstić information content (AvgIpc) is 1.88. The predicted octanol–water partition coefficient (Wildman–Crippen LogP) is 0.269. The normalized spacial score (nSPS) is 34.1. The van der Waals surface area contributed by atoms with Gasteiger partial charge in [0, 0.05) is 19.1 Å². The molecular formula is C7H14BNO. The molecule has 3 heteroatoms. The van der Waals surface area contributed by atoms with Crippen LogP contribution in [0.5, 0.6) is 0 Å². The van der Waals surface area contributed by atoms with Gasteiger partial charge >= 0.3 is 0 Å². The highest BCUT2D eigenvalue weighted by Crippen LogP contribution is 2.06. The first kappa shape index (κ1) is 8.09. The van der Waals surface area contributed by atoms with E-state index in [0.717, 1.165) is 19.5 Å². The van der Waals surface area contributed by atoms with Crippen molar-refractivity contribution in [1.82, 2.24) is 5.32 Å². The maximum absolute atomic E-state index is 5.57. The van der Waals surface area contributed by atoms with E-state index in [1.54, 1.807) is 0 Å². The molecule has 1 aliphatic rings. The van der Waals surface area contributed by atoms with Crippen LogP contribution in [0.25, 0.3) is 0 Å². The SMILES string of the molecule is [B]C1CNCC(CCC)O1. The summed E-state index contributed by atoms with van der Waals surface area (Å²) in [6.45, 7) is 3.91. The first-order chi connectivity index (χ1) is 4.83. The van der Waals surface area contributed by atoms with Crippen LogP contribution in [-0.2, 0) is 4.74 Å². The van der Waals surface area contributed by atoms with Gasteiger partial charge in [-0.3, -0.25) is 0 Å². The van der Waals surface area contributed by atoms with Crippen LogP contribution in [0.2, 0.25) is 0 Å². The molecule has 0 aromatic carbocycles. The first-order valence-electron chi connectivity index (χ1n) is 3.94. The van der Waals surface area contributed by atoms with Crippen LogP contribution in [0.4, 0.5) is 0 Å². The first-order valence-corrected chi connectivity index (χ1v) is 3.94. The Balaban J connectivity index is 2.18. The van der Waals surface area contributed by atoms with Crippen LogP contribution >= 0.6 is 0 Å². The third-order valence-corrected chi connectivity index (χ3v) is 1.70. The minimum atomic E-state index is -0.0923. The zero-order valence-corrected chi connectivity index (χ0v) is 6.47. The van der Waals surface area contributed by atoms with Gasteiger partial charge in [-0.1, -0.05) is 13.3 Å². The van der Waals surface area contributed by atoms with E-state index in [4.69, 9.17) is 12.6 Å². The van der Waals surface area contributed by atoms with Crippen LogP contribution in [0.3, 0.4) is 0 Å². The summed E-state index contributed by atoms with van der Waals surface area (Å²) >= 11 is 0. The number of ether oxygens (including phenoxy) is 1. The quantitative estimate of drug-likeness (QED) is 0.554. The van der Waals surface area contributed by atoms with Gasteiger partial charge in [-0.25, -0.2) is 0 Å². The zero-order chi connectivity index (χ0) is 7.40. The van der Waals surface area contributed by atoms with Crippen molar-refractivity contribution < 1.29 is 4.74 Å². The molecule has 0 bridgehead atoms. The summed E-state index contributed by atoms with van der Waals surface area (Å²) in [7, 11) is 5.57. The number of nitrogens with one attached hydrogen (secondary N) is 1. The number of morpholine rings is 1. The molecular weight excluding hydrogens is 125 g/mol. The van der Waals surface area contributed by atoms with Gasteiger partial charge in [0.05, 0.1) is 6.10 Å². The van der Waals surface area contributed by atoms with Gasteiger partial charge in [0.1, 0.15) is 7.85 Å². The molecule has 1 heterocycles. The molecule has 2 unspecified atom stereocenters. The number of hydrogen-bond donors (Lipinski definition) is 1. The van der Waals surface area contributed by atoms with E-state index in [1.165, 1.54) is 6.42 Å². The molecule has 56 valence electrons. The smallest absolute Gasteiger partial charge is 0.110 e. The monoisotopic (exact) mass is 139 g/mol. The van der Waals surface area contributed by atoms with Gasteiger partial charge in [0.15, 0.2) is 0 Å². The van der Waals surface area contributed by atoms with E-state index in [2.05, 4.69) is 12.2 Å². The maximum Gasteiger partial charge on any atom is 0.110 e. The van der Waals surface area contributed by atoms with Gasteiger partial charge in [-0.2, -0.15) is 0 Å². The minimum absolute atomic E-state index is 0.0923. The molecule has 0 spiro atoms. The lowest BCUT2D eigenvalue weighted by atomic mass is 9.98. The summed E-state index contributed by atoms with van der Waals surface area (Å²) in [5.41, 5.74) is 0. The standard InChI is InChI=1S/C7H14BNO/c1-2-3-6-4-9-5-7(8)10-6/h6-7,9H,2-5H2,1H3. The maximum atomic E-state index is 5.57. The van der Waals surface area contributed by atoms with Crippen molar-refractivity contribution in [2.24, 2.45) is 0 Å². The number of rotatable bonds is 2. The highest BCUT2D eigenvalue weighted by molar-refractivity contribution is 6.11. The van der Waals surface area contributed by atoms with Gasteiger partial charge in [-0.05, 0) is 6.42 Å². The molecule has 2 nitrogen and oxygen atoms in total. The molecule has 0 aliphatic carbocycles. The molecule has 0 aromatic heterocycles. The Bertz CT molecular complexity index is 97.6. The Hall–Kier alpha value is -0.0151. The fraction of sp³-hybridized carbons (Fsp3) is 1.00. The van der Waals surface area contributed by atoms with Crippen molar-refractivity contribution in [2.45, 2.75) is 31.9 Å². The molecule has 1 rings (SSSR count). The molecule has 0 aromatic rings. The van der Waals surface area contributed by atoms with Gasteiger partial charge in [0.25, 0.3) is 0 Å². The van der Waals surface area contributed by atoms with E-state index >= 15 is 0 Å². The van der Waals surface area contributed by atoms with E-state index in [9.17, 15) is 0 Å². The van der Waals surface area contributed by atoms with Crippen molar-refractivity contribution >= 4 is 7.85 Å². The summed E-state index contributed by atoms with van der Waals surface area (Å²) in [5.74, 6) is 0. The number of hydrogen-bond acceptors (Lipinski definition) is 2. The Morgan fingerprint density at radius 3 is 3.00 bits per heavy atom. The average molecular weight is 139 g/mol. The lowest BCUT2D eigenvalue weighted by Gasteiger charge is -2.28. The van der Waals surface area contributed by atoms with Gasteiger partial charge in [-0.15, -0.1) is 0 Å². The van der Waals surface area contributed by atoms with Gasteiger partial charge < -0.3 is 10.1 Å². The molecule has 10 heavy (non-hydrogen) atoms. The molecule has 0 saturated carbocycles. The Labute approximate surface area is 63.7 Å². The van der Waals surface area contributed by atoms with E-state index in [0.29, 0.717) is 6.10 Å². The summed E-state index contributed by atoms with van der Waals surface area (Å²) in [6.07, 6.45) is 2.62. The van der Waals surface area contributed by atoms with Crippen LogP contribution in [0.1, 0.15) is 19.8 Å². The molecule has 1 aliphatic heterocycles. The van der Waals surface area contributed by atoms with Crippen LogP contribution < -0.4 is 5.32 Å². The topological polar surface area (TPSA) is 21.3 Å². The second-order valence-electron chi connectivity index (χ2n) is 2.74. The van der Waals surface area contributed by atoms with Crippen LogP contribution in [0.15, 0.2) is 0 Å². The molecule has 0 amide bonds. The second-order valence-corrected chi connectivity index (χ2v) is 2.74. The van der Waals surface area contributed by atoms with E-state index in [1.807, 2.05) is 0 Å². The van der Waals surface area contributed by atoms with Crippen LogP contribution in [-0.4, -0.2) is 33.0 Å². The lowest BCUT2D eigenvalue weighted by molar-refractivity contribution is -0.000198. The van der Waals surface area contributed by atoms with Crippen molar-refractivity contribution in [2.75, 3.05) is 13.1 Å². The molecule has 1 saturated heterocycles. The summed E-state index contributed by atoms with van der Waals surface area (Å²) in [4.78, 5) is 0. The largest absolute Gasteiger partial charge is 0.382 e. The Kier molecular flexibility index (Phi) is 3.22. The van der Waals surface area contributed by atoms with E-state index < -0.39 is 0 Å². The van der Waals surface area contributed by atoms with Crippen molar-refractivity contribution in [3.05, 3.63) is 0 Å². The zero-order valence-electron chi connectivity index (χ0n) is 6.47. The minimum Gasteiger partial charge on any atom is -0.382 e. The van der Waals surface area contributed by atoms with E-state index in [-0.39, 0.29) is 6.00 Å². The third kappa shape index (κ3) is 2.31. The summed E-state index contributed by atoms with van der Waals surface area (Å²) < 4.78 is 5.44. The van der Waals surface area contributed by atoms with Crippen LogP contribution in [0, 0.1) is 0 Å². The summed E-state index contributed by atoms with van der Waals surface area (Å²) in [6, 6.07) is -0.0923. The Morgan fingerprint density at radius 1 is 1.60 bits per heavy atom. The molecule has 2 radical (unpaired) electrons. The van der Waals surface area contributed by atoms with Crippen molar-refractivity contribution in [3.8, 4) is 0 Å². The van der Waals surface area contributed by atoms with Crippen molar-refractivity contribution in [1.29, 1.82) is 0 Å². The molecule has 1 fully saturated rings. The molecule has 1 N–H and O–H groups in total. The molecule has 2 atom stereocenters.